The van der Waals surface area contributed by atoms with Gasteiger partial charge in [0.2, 0.25) is 0 Å². The summed E-state index contributed by atoms with van der Waals surface area (Å²) in [5.41, 5.74) is 0. The summed E-state index contributed by atoms with van der Waals surface area (Å²) in [7, 11) is 1.69. The van der Waals surface area contributed by atoms with Crippen LogP contribution in [-0.2, 0) is 4.74 Å². The highest BCUT2D eigenvalue weighted by atomic mass is 16.5. The van der Waals surface area contributed by atoms with Crippen LogP contribution in [0.1, 0.15) is 46.0 Å². The molecule has 0 aliphatic rings. The van der Waals surface area contributed by atoms with E-state index in [1.165, 1.54) is 32.1 Å². The van der Waals surface area contributed by atoms with Crippen molar-refractivity contribution >= 4 is 0 Å². The standard InChI is InChI=1S/C11H22O/c1-4-5-6-7-8-11(2)9-10-12-3/h9-11H,4-8H2,1-3H3/b10-9-. The average Bonchev–Trinajstić information content (AvgIpc) is 2.09. The van der Waals surface area contributed by atoms with Crippen LogP contribution < -0.4 is 0 Å². The summed E-state index contributed by atoms with van der Waals surface area (Å²) >= 11 is 0. The van der Waals surface area contributed by atoms with E-state index in [0.717, 1.165) is 0 Å². The molecule has 72 valence electrons. The number of ether oxygens (including phenoxy) is 1. The summed E-state index contributed by atoms with van der Waals surface area (Å²) in [6.07, 6.45) is 10.6. The predicted molar refractivity (Wildman–Crippen MR) is 54.1 cm³/mol. The molecule has 12 heavy (non-hydrogen) atoms. The maximum absolute atomic E-state index is 4.86. The van der Waals surface area contributed by atoms with E-state index >= 15 is 0 Å². The first-order chi connectivity index (χ1) is 5.81. The van der Waals surface area contributed by atoms with Gasteiger partial charge in [-0.05, 0) is 18.4 Å². The lowest BCUT2D eigenvalue weighted by atomic mass is 10.0. The molecular weight excluding hydrogens is 148 g/mol. The molecular formula is C11H22O. The lowest BCUT2D eigenvalue weighted by Crippen LogP contribution is -1.89. The van der Waals surface area contributed by atoms with Gasteiger partial charge in [0, 0.05) is 0 Å². The van der Waals surface area contributed by atoms with Crippen LogP contribution in [0.3, 0.4) is 0 Å². The third kappa shape index (κ3) is 7.64. The van der Waals surface area contributed by atoms with E-state index < -0.39 is 0 Å². The Kier molecular flexibility index (Phi) is 8.30. The molecule has 0 N–H and O–H groups in total. The lowest BCUT2D eigenvalue weighted by molar-refractivity contribution is 0.333. The van der Waals surface area contributed by atoms with Crippen molar-refractivity contribution < 1.29 is 4.74 Å². The van der Waals surface area contributed by atoms with E-state index in [1.807, 2.05) is 0 Å². The summed E-state index contributed by atoms with van der Waals surface area (Å²) in [6.45, 7) is 4.48. The van der Waals surface area contributed by atoms with Gasteiger partial charge in [0.05, 0.1) is 13.4 Å². The zero-order valence-corrected chi connectivity index (χ0v) is 8.68. The zero-order chi connectivity index (χ0) is 9.23. The number of hydrogen-bond acceptors (Lipinski definition) is 1. The van der Waals surface area contributed by atoms with Gasteiger partial charge in [-0.1, -0.05) is 39.5 Å². The van der Waals surface area contributed by atoms with Crippen molar-refractivity contribution in [2.24, 2.45) is 5.92 Å². The molecule has 0 aliphatic carbocycles. The first kappa shape index (κ1) is 11.5. The number of hydrogen-bond donors (Lipinski definition) is 0. The second-order valence-electron chi connectivity index (χ2n) is 3.39. The Morgan fingerprint density at radius 1 is 1.25 bits per heavy atom. The van der Waals surface area contributed by atoms with Crippen LogP contribution in [0.5, 0.6) is 0 Å². The van der Waals surface area contributed by atoms with E-state index in [1.54, 1.807) is 13.4 Å². The van der Waals surface area contributed by atoms with Gasteiger partial charge in [-0.25, -0.2) is 0 Å². The average molecular weight is 170 g/mol. The van der Waals surface area contributed by atoms with Crippen molar-refractivity contribution in [3.63, 3.8) is 0 Å². The van der Waals surface area contributed by atoms with Gasteiger partial charge in [0.15, 0.2) is 0 Å². The third-order valence-electron chi connectivity index (χ3n) is 2.06. The SMILES string of the molecule is CCCCCCC(C)/C=C\OC. The van der Waals surface area contributed by atoms with E-state index in [4.69, 9.17) is 4.74 Å². The summed E-state index contributed by atoms with van der Waals surface area (Å²) in [6, 6.07) is 0. The monoisotopic (exact) mass is 170 g/mol. The minimum Gasteiger partial charge on any atom is -0.505 e. The Bertz CT molecular complexity index is 108. The Labute approximate surface area is 76.8 Å². The van der Waals surface area contributed by atoms with Gasteiger partial charge in [0.25, 0.3) is 0 Å². The van der Waals surface area contributed by atoms with E-state index in [0.29, 0.717) is 5.92 Å². The van der Waals surface area contributed by atoms with Crippen LogP contribution in [0.15, 0.2) is 12.3 Å². The molecule has 0 fully saturated rings. The van der Waals surface area contributed by atoms with Crippen LogP contribution >= 0.6 is 0 Å². The van der Waals surface area contributed by atoms with Gasteiger partial charge < -0.3 is 4.74 Å². The molecule has 0 saturated heterocycles. The summed E-state index contributed by atoms with van der Waals surface area (Å²) in [5, 5.41) is 0. The molecule has 1 nitrogen and oxygen atoms in total. The largest absolute Gasteiger partial charge is 0.505 e. The number of allylic oxidation sites excluding steroid dienone is 1. The minimum absolute atomic E-state index is 0.668. The highest BCUT2D eigenvalue weighted by molar-refractivity contribution is 4.79. The van der Waals surface area contributed by atoms with Crippen molar-refractivity contribution in [3.8, 4) is 0 Å². The van der Waals surface area contributed by atoms with Gasteiger partial charge in [0.1, 0.15) is 0 Å². The van der Waals surface area contributed by atoms with Crippen LogP contribution in [0.4, 0.5) is 0 Å². The number of unbranched alkanes of at least 4 members (excludes halogenated alkanes) is 3. The second-order valence-corrected chi connectivity index (χ2v) is 3.39. The Balaban J connectivity index is 3.19. The molecule has 0 aromatic rings. The maximum atomic E-state index is 4.86. The molecule has 0 spiro atoms. The fourth-order valence-electron chi connectivity index (χ4n) is 1.20. The molecule has 1 atom stereocenters. The first-order valence-corrected chi connectivity index (χ1v) is 5.00. The molecule has 1 unspecified atom stereocenters. The van der Waals surface area contributed by atoms with Crippen molar-refractivity contribution in [1.82, 2.24) is 0 Å². The predicted octanol–water partition coefficient (Wildman–Crippen LogP) is 3.75. The molecule has 0 rings (SSSR count). The first-order valence-electron chi connectivity index (χ1n) is 5.00. The molecule has 0 aliphatic heterocycles. The van der Waals surface area contributed by atoms with Crippen molar-refractivity contribution in [2.45, 2.75) is 46.0 Å². The molecule has 0 aromatic heterocycles. The fourth-order valence-corrected chi connectivity index (χ4v) is 1.20. The smallest absolute Gasteiger partial charge is 0.0787 e. The lowest BCUT2D eigenvalue weighted by Gasteiger charge is -2.04. The van der Waals surface area contributed by atoms with Crippen molar-refractivity contribution in [2.75, 3.05) is 7.11 Å². The van der Waals surface area contributed by atoms with Gasteiger partial charge >= 0.3 is 0 Å². The third-order valence-corrected chi connectivity index (χ3v) is 2.06. The van der Waals surface area contributed by atoms with Crippen LogP contribution in [0, 0.1) is 5.92 Å². The van der Waals surface area contributed by atoms with E-state index in [2.05, 4.69) is 19.9 Å². The maximum Gasteiger partial charge on any atom is 0.0787 e. The quantitative estimate of drug-likeness (QED) is 0.417. The summed E-state index contributed by atoms with van der Waals surface area (Å²) < 4.78 is 4.86. The van der Waals surface area contributed by atoms with Crippen molar-refractivity contribution in [1.29, 1.82) is 0 Å². The molecule has 0 amide bonds. The van der Waals surface area contributed by atoms with Gasteiger partial charge in [-0.3, -0.25) is 0 Å². The fraction of sp³-hybridized carbons (Fsp3) is 0.818. The Morgan fingerprint density at radius 3 is 2.58 bits per heavy atom. The minimum atomic E-state index is 0.668. The molecule has 0 bridgehead atoms. The summed E-state index contributed by atoms with van der Waals surface area (Å²) in [5.74, 6) is 0.668. The van der Waals surface area contributed by atoms with E-state index in [-0.39, 0.29) is 0 Å². The zero-order valence-electron chi connectivity index (χ0n) is 8.68. The number of rotatable bonds is 7. The van der Waals surface area contributed by atoms with Gasteiger partial charge in [-0.2, -0.15) is 0 Å². The summed E-state index contributed by atoms with van der Waals surface area (Å²) in [4.78, 5) is 0. The second kappa shape index (κ2) is 8.63. The molecule has 0 radical (unpaired) electrons. The van der Waals surface area contributed by atoms with Crippen molar-refractivity contribution in [3.05, 3.63) is 12.3 Å². The topological polar surface area (TPSA) is 9.23 Å². The number of methoxy groups -OCH3 is 1. The Morgan fingerprint density at radius 2 is 2.00 bits per heavy atom. The van der Waals surface area contributed by atoms with Gasteiger partial charge in [-0.15, -0.1) is 0 Å². The molecule has 0 heterocycles. The normalized spacial score (nSPS) is 13.6. The van der Waals surface area contributed by atoms with Crippen LogP contribution in [0.25, 0.3) is 0 Å². The highest BCUT2D eigenvalue weighted by Crippen LogP contribution is 2.11. The highest BCUT2D eigenvalue weighted by Gasteiger charge is 1.95. The molecule has 0 saturated carbocycles. The van der Waals surface area contributed by atoms with Crippen LogP contribution in [-0.4, -0.2) is 7.11 Å². The van der Waals surface area contributed by atoms with E-state index in [9.17, 15) is 0 Å². The Hall–Kier alpha value is -0.460. The molecule has 0 aromatic carbocycles. The molecule has 1 heteroatoms. The van der Waals surface area contributed by atoms with Crippen LogP contribution in [0.2, 0.25) is 0 Å².